The maximum atomic E-state index is 13.5. The first kappa shape index (κ1) is 16.3. The van der Waals surface area contributed by atoms with Gasteiger partial charge in [0.05, 0.1) is 5.69 Å². The lowest BCUT2D eigenvalue weighted by Gasteiger charge is -2.27. The van der Waals surface area contributed by atoms with Gasteiger partial charge in [0.2, 0.25) is 5.95 Å². The minimum Gasteiger partial charge on any atom is -0.318 e. The summed E-state index contributed by atoms with van der Waals surface area (Å²) in [7, 11) is 0. The molecule has 0 radical (unpaired) electrons. The lowest BCUT2D eigenvalue weighted by Crippen LogP contribution is -2.29. The van der Waals surface area contributed by atoms with Gasteiger partial charge in [-0.3, -0.25) is 4.79 Å². The van der Waals surface area contributed by atoms with Crippen molar-refractivity contribution in [3.05, 3.63) is 81.4 Å². The minimum atomic E-state index is -0.534. The number of hydrogen-bond donors (Lipinski definition) is 2. The maximum absolute atomic E-state index is 13.5. The molecule has 5 rings (SSSR count). The van der Waals surface area contributed by atoms with E-state index in [0.717, 1.165) is 16.7 Å². The van der Waals surface area contributed by atoms with Gasteiger partial charge in [-0.05, 0) is 35.0 Å². The average Bonchev–Trinajstić information content (AvgIpc) is 3.17. The van der Waals surface area contributed by atoms with Crippen LogP contribution in [0.3, 0.4) is 0 Å². The second-order valence-corrected chi connectivity index (χ2v) is 6.58. The quantitative estimate of drug-likeness (QED) is 0.492. The van der Waals surface area contributed by atoms with Gasteiger partial charge in [0.25, 0.3) is 5.56 Å². The Hall–Kier alpha value is -3.88. The van der Waals surface area contributed by atoms with E-state index in [0.29, 0.717) is 22.9 Å². The molecule has 9 heteroatoms. The third kappa shape index (κ3) is 2.48. The third-order valence-electron chi connectivity index (χ3n) is 4.78. The third-order valence-corrected chi connectivity index (χ3v) is 4.78. The summed E-state index contributed by atoms with van der Waals surface area (Å²) in [5.74, 6) is -0.0222. The van der Waals surface area contributed by atoms with Crippen LogP contribution in [0.15, 0.2) is 53.3 Å². The molecule has 0 spiro atoms. The predicted octanol–water partition coefficient (Wildman–Crippen LogP) is 2.57. The highest BCUT2D eigenvalue weighted by atomic mass is 19.1. The van der Waals surface area contributed by atoms with Crippen LogP contribution in [0, 0.1) is 12.7 Å². The largest absolute Gasteiger partial charge is 0.318 e. The average molecular weight is 375 g/mol. The second-order valence-electron chi connectivity index (χ2n) is 6.58. The van der Waals surface area contributed by atoms with Crippen LogP contribution in [-0.4, -0.2) is 30.4 Å². The summed E-state index contributed by atoms with van der Waals surface area (Å²) in [4.78, 5) is 12.5. The number of fused-ring (bicyclic) bond motifs is 2. The molecule has 1 unspecified atom stereocenters. The fourth-order valence-corrected chi connectivity index (χ4v) is 3.42. The van der Waals surface area contributed by atoms with Crippen molar-refractivity contribution in [3.63, 3.8) is 0 Å². The van der Waals surface area contributed by atoms with E-state index in [2.05, 4.69) is 31.0 Å². The Morgan fingerprint density at radius 3 is 2.57 bits per heavy atom. The summed E-state index contributed by atoms with van der Waals surface area (Å²) in [6.07, 6.45) is 0. The van der Waals surface area contributed by atoms with Crippen molar-refractivity contribution in [2.24, 2.45) is 0 Å². The van der Waals surface area contributed by atoms with E-state index in [1.807, 2.05) is 31.2 Å². The van der Waals surface area contributed by atoms with Crippen molar-refractivity contribution in [2.75, 3.05) is 5.32 Å². The fourth-order valence-electron chi connectivity index (χ4n) is 3.42. The van der Waals surface area contributed by atoms with Crippen LogP contribution in [0.5, 0.6) is 0 Å². The van der Waals surface area contributed by atoms with Crippen molar-refractivity contribution in [2.45, 2.75) is 13.0 Å². The van der Waals surface area contributed by atoms with Gasteiger partial charge >= 0.3 is 0 Å². The molecule has 0 saturated heterocycles. The number of aryl methyl sites for hydroxylation is 1. The topological polar surface area (TPSA) is 101 Å². The van der Waals surface area contributed by atoms with Gasteiger partial charge in [-0.15, -0.1) is 0 Å². The molecular formula is C19H14FN7O. The number of halogens is 1. The standard InChI is InChI=1S/C19H14FN7O/c1-10-2-4-11(5-3-10)15-14-16(18(28)23-22-15)21-19-24-25-26-27(19)17(14)12-6-8-13(20)9-7-12/h2-9,17H,1H3,(H,23,28)(H,21,24,26). The number of anilines is 2. The first-order valence-electron chi connectivity index (χ1n) is 8.62. The molecule has 0 bridgehead atoms. The zero-order valence-corrected chi connectivity index (χ0v) is 14.7. The predicted molar refractivity (Wildman–Crippen MR) is 99.8 cm³/mol. The van der Waals surface area contributed by atoms with E-state index in [9.17, 15) is 9.18 Å². The smallest absolute Gasteiger partial charge is 0.288 e. The number of nitrogens with zero attached hydrogens (tertiary/aromatic N) is 5. The summed E-state index contributed by atoms with van der Waals surface area (Å²) in [5.41, 5.74) is 3.84. The molecule has 1 aliphatic rings. The lowest BCUT2D eigenvalue weighted by molar-refractivity contribution is 0.564. The lowest BCUT2D eigenvalue weighted by atomic mass is 9.92. The molecule has 1 aliphatic heterocycles. The SMILES string of the molecule is Cc1ccc(-c2n[nH]c(=O)c3c2C(c2ccc(F)cc2)n2nnnc2N3)cc1. The molecule has 2 aromatic carbocycles. The van der Waals surface area contributed by atoms with Crippen molar-refractivity contribution < 1.29 is 4.39 Å². The van der Waals surface area contributed by atoms with Crippen molar-refractivity contribution in [3.8, 4) is 11.3 Å². The molecule has 2 aromatic heterocycles. The van der Waals surface area contributed by atoms with Gasteiger partial charge in [-0.1, -0.05) is 47.1 Å². The fraction of sp³-hybridized carbons (Fsp3) is 0.105. The number of nitrogens with one attached hydrogen (secondary N) is 2. The molecule has 1 atom stereocenters. The molecule has 0 amide bonds. The summed E-state index contributed by atoms with van der Waals surface area (Å²) in [6.45, 7) is 2.00. The molecule has 2 N–H and O–H groups in total. The number of aromatic nitrogens is 6. The highest BCUT2D eigenvalue weighted by Gasteiger charge is 2.34. The van der Waals surface area contributed by atoms with E-state index in [1.54, 1.807) is 16.8 Å². The molecule has 28 heavy (non-hydrogen) atoms. The van der Waals surface area contributed by atoms with Gasteiger partial charge in [-0.2, -0.15) is 9.78 Å². The van der Waals surface area contributed by atoms with E-state index in [4.69, 9.17) is 0 Å². The Labute approximate surface area is 158 Å². The van der Waals surface area contributed by atoms with E-state index in [-0.39, 0.29) is 11.4 Å². The highest BCUT2D eigenvalue weighted by molar-refractivity contribution is 5.75. The molecule has 0 fully saturated rings. The first-order chi connectivity index (χ1) is 13.6. The number of tetrazole rings is 1. The van der Waals surface area contributed by atoms with Crippen LogP contribution >= 0.6 is 0 Å². The van der Waals surface area contributed by atoms with Crippen LogP contribution in [0.2, 0.25) is 0 Å². The first-order valence-corrected chi connectivity index (χ1v) is 8.62. The van der Waals surface area contributed by atoms with Gasteiger partial charge in [-0.25, -0.2) is 9.49 Å². The Bertz CT molecular complexity index is 1230. The molecule has 4 aromatic rings. The Balaban J connectivity index is 1.81. The Morgan fingerprint density at radius 1 is 1.07 bits per heavy atom. The summed E-state index contributed by atoms with van der Waals surface area (Å²) in [6, 6.07) is 13.3. The normalized spacial score (nSPS) is 14.9. The molecular weight excluding hydrogens is 361 g/mol. The van der Waals surface area contributed by atoms with Gasteiger partial charge in [0.15, 0.2) is 0 Å². The van der Waals surface area contributed by atoms with Crippen LogP contribution in [0.4, 0.5) is 16.0 Å². The zero-order valence-electron chi connectivity index (χ0n) is 14.7. The van der Waals surface area contributed by atoms with E-state index < -0.39 is 6.04 Å². The summed E-state index contributed by atoms with van der Waals surface area (Å²) >= 11 is 0. The number of hydrogen-bond acceptors (Lipinski definition) is 6. The number of rotatable bonds is 2. The van der Waals surface area contributed by atoms with Crippen molar-refractivity contribution in [1.29, 1.82) is 0 Å². The molecule has 8 nitrogen and oxygen atoms in total. The van der Waals surface area contributed by atoms with Crippen molar-refractivity contribution in [1.82, 2.24) is 30.4 Å². The Morgan fingerprint density at radius 2 is 1.82 bits per heavy atom. The van der Waals surface area contributed by atoms with Gasteiger partial charge < -0.3 is 5.32 Å². The van der Waals surface area contributed by atoms with Crippen LogP contribution in [-0.2, 0) is 0 Å². The van der Waals surface area contributed by atoms with E-state index >= 15 is 0 Å². The number of benzene rings is 2. The zero-order chi connectivity index (χ0) is 19.3. The summed E-state index contributed by atoms with van der Waals surface area (Å²) < 4.78 is 15.1. The maximum Gasteiger partial charge on any atom is 0.288 e. The van der Waals surface area contributed by atoms with Crippen molar-refractivity contribution >= 4 is 11.6 Å². The monoisotopic (exact) mass is 375 g/mol. The van der Waals surface area contributed by atoms with Crippen LogP contribution < -0.4 is 10.9 Å². The van der Waals surface area contributed by atoms with Crippen LogP contribution in [0.1, 0.15) is 22.7 Å². The minimum absolute atomic E-state index is 0.321. The Kier molecular flexibility index (Phi) is 3.54. The highest BCUT2D eigenvalue weighted by Crippen LogP contribution is 2.40. The number of aromatic amines is 1. The molecule has 138 valence electrons. The van der Waals surface area contributed by atoms with Gasteiger partial charge in [0.1, 0.15) is 17.5 Å². The van der Waals surface area contributed by atoms with E-state index in [1.165, 1.54) is 12.1 Å². The number of H-pyrrole nitrogens is 1. The molecule has 3 heterocycles. The molecule has 0 aliphatic carbocycles. The van der Waals surface area contributed by atoms with Gasteiger partial charge in [0, 0.05) is 11.1 Å². The second kappa shape index (κ2) is 6.08. The molecule has 0 saturated carbocycles. The summed E-state index contributed by atoms with van der Waals surface area (Å²) in [5, 5.41) is 21.6. The van der Waals surface area contributed by atoms with Crippen LogP contribution in [0.25, 0.3) is 11.3 Å².